The van der Waals surface area contributed by atoms with Crippen LogP contribution in [0.4, 0.5) is 0 Å². The summed E-state index contributed by atoms with van der Waals surface area (Å²) >= 11 is 0. The van der Waals surface area contributed by atoms with Gasteiger partial charge in [0, 0.05) is 42.0 Å². The van der Waals surface area contributed by atoms with Crippen LogP contribution in [-0.4, -0.2) is 44.7 Å². The molecule has 6 nitrogen and oxygen atoms in total. The molecule has 1 saturated heterocycles. The number of nitrogens with zero attached hydrogens (tertiary/aromatic N) is 3. The number of hydrogen-bond acceptors (Lipinski definition) is 4. The molecule has 27 heavy (non-hydrogen) atoms. The van der Waals surface area contributed by atoms with Crippen LogP contribution in [0.25, 0.3) is 10.8 Å². The summed E-state index contributed by atoms with van der Waals surface area (Å²) < 4.78 is 0. The number of carboxylic acid groups (broad SMARTS) is 1. The van der Waals surface area contributed by atoms with Crippen molar-refractivity contribution in [3.63, 3.8) is 0 Å². The molecule has 1 atom stereocenters. The zero-order valence-corrected chi connectivity index (χ0v) is 15.3. The van der Waals surface area contributed by atoms with Crippen molar-refractivity contribution in [2.45, 2.75) is 37.6 Å². The van der Waals surface area contributed by atoms with E-state index in [0.29, 0.717) is 5.41 Å². The largest absolute Gasteiger partial charge is 0.483 e. The summed E-state index contributed by atoms with van der Waals surface area (Å²) in [6.07, 6.45) is 10.9. The highest BCUT2D eigenvalue weighted by atomic mass is 16.3. The minimum atomic E-state index is -0.250. The van der Waals surface area contributed by atoms with Gasteiger partial charge in [-0.1, -0.05) is 18.2 Å². The van der Waals surface area contributed by atoms with Gasteiger partial charge in [0.05, 0.1) is 6.20 Å². The fourth-order valence-corrected chi connectivity index (χ4v) is 4.80. The SMILES string of the molecule is O=CO.c1cc(CN2CCCC3(CCc4cn[nH]c43)C2)c2ccncc2c1. The first-order valence-corrected chi connectivity index (χ1v) is 9.40. The number of carbonyl (C=O) groups is 1. The highest BCUT2D eigenvalue weighted by Crippen LogP contribution is 2.44. The number of hydrogen-bond donors (Lipinski definition) is 2. The molecule has 1 aliphatic carbocycles. The highest BCUT2D eigenvalue weighted by molar-refractivity contribution is 5.84. The van der Waals surface area contributed by atoms with Gasteiger partial charge in [-0.05, 0) is 54.8 Å². The van der Waals surface area contributed by atoms with Crippen LogP contribution in [0.1, 0.15) is 36.1 Å². The molecule has 3 aromatic rings. The molecule has 1 fully saturated rings. The second kappa shape index (κ2) is 7.48. The second-order valence-electron chi connectivity index (χ2n) is 7.48. The van der Waals surface area contributed by atoms with Crippen LogP contribution >= 0.6 is 0 Å². The maximum Gasteiger partial charge on any atom is 0.290 e. The van der Waals surface area contributed by atoms with Crippen molar-refractivity contribution in [3.05, 3.63) is 59.7 Å². The number of nitrogens with one attached hydrogen (secondary N) is 1. The number of aryl methyl sites for hydroxylation is 1. The summed E-state index contributed by atoms with van der Waals surface area (Å²) in [7, 11) is 0. The average Bonchev–Trinajstić information content (AvgIpc) is 3.28. The lowest BCUT2D eigenvalue weighted by atomic mass is 9.77. The number of rotatable bonds is 2. The van der Waals surface area contributed by atoms with Crippen LogP contribution in [0.3, 0.4) is 0 Å². The van der Waals surface area contributed by atoms with Gasteiger partial charge in [-0.3, -0.25) is 19.8 Å². The number of fused-ring (bicyclic) bond motifs is 3. The van der Waals surface area contributed by atoms with Crippen molar-refractivity contribution in [2.75, 3.05) is 13.1 Å². The molecule has 0 amide bonds. The Labute approximate surface area is 158 Å². The van der Waals surface area contributed by atoms with Gasteiger partial charge in [0.15, 0.2) is 0 Å². The van der Waals surface area contributed by atoms with Crippen molar-refractivity contribution in [3.8, 4) is 0 Å². The summed E-state index contributed by atoms with van der Waals surface area (Å²) in [4.78, 5) is 15.2. The van der Waals surface area contributed by atoms with Crippen molar-refractivity contribution in [2.24, 2.45) is 0 Å². The Kier molecular flexibility index (Phi) is 4.90. The Morgan fingerprint density at radius 1 is 1.26 bits per heavy atom. The summed E-state index contributed by atoms with van der Waals surface area (Å²) in [5, 5.41) is 17.1. The van der Waals surface area contributed by atoms with Crippen LogP contribution < -0.4 is 0 Å². The topological polar surface area (TPSA) is 82.1 Å². The first-order valence-electron chi connectivity index (χ1n) is 9.40. The molecule has 1 unspecified atom stereocenters. The number of H-pyrrole nitrogens is 1. The lowest BCUT2D eigenvalue weighted by Crippen LogP contribution is -2.44. The van der Waals surface area contributed by atoms with Crippen molar-refractivity contribution >= 4 is 17.2 Å². The third kappa shape index (κ3) is 3.32. The molecule has 6 heteroatoms. The minimum Gasteiger partial charge on any atom is -0.483 e. The molecule has 1 aliphatic heterocycles. The van der Waals surface area contributed by atoms with E-state index < -0.39 is 0 Å². The number of aromatic nitrogens is 3. The predicted octanol–water partition coefficient (Wildman–Crippen LogP) is 3.14. The quantitative estimate of drug-likeness (QED) is 0.683. The molecule has 2 N–H and O–H groups in total. The maximum absolute atomic E-state index is 8.36. The standard InChI is InChI=1S/C20H22N4.CH2O2/c1-3-15-11-21-9-6-18(15)17(4-1)13-24-10-2-7-20(14-24)8-5-16-12-22-23-19(16)20;2-1-3/h1,3-4,6,9,11-12H,2,5,7-8,10,13-14H2,(H,22,23);1H,(H,2,3). The average molecular weight is 364 g/mol. The summed E-state index contributed by atoms with van der Waals surface area (Å²) in [5.41, 5.74) is 4.56. The van der Waals surface area contributed by atoms with E-state index in [0.717, 1.165) is 13.1 Å². The predicted molar refractivity (Wildman–Crippen MR) is 104 cm³/mol. The van der Waals surface area contributed by atoms with Gasteiger partial charge in [0.2, 0.25) is 0 Å². The third-order valence-electron chi connectivity index (χ3n) is 5.94. The minimum absolute atomic E-state index is 0.250. The second-order valence-corrected chi connectivity index (χ2v) is 7.48. The molecule has 1 spiro atoms. The summed E-state index contributed by atoms with van der Waals surface area (Å²) in [6.45, 7) is 3.10. The van der Waals surface area contributed by atoms with E-state index in [2.05, 4.69) is 44.3 Å². The normalized spacial score (nSPS) is 21.6. The Balaban J connectivity index is 0.000000565. The van der Waals surface area contributed by atoms with Crippen molar-refractivity contribution in [1.82, 2.24) is 20.1 Å². The van der Waals surface area contributed by atoms with Crippen LogP contribution in [-0.2, 0) is 23.2 Å². The number of aromatic amines is 1. The fourth-order valence-electron chi connectivity index (χ4n) is 4.80. The van der Waals surface area contributed by atoms with E-state index >= 15 is 0 Å². The van der Waals surface area contributed by atoms with Gasteiger partial charge in [-0.25, -0.2) is 0 Å². The molecule has 3 heterocycles. The van der Waals surface area contributed by atoms with Gasteiger partial charge in [-0.2, -0.15) is 5.10 Å². The van der Waals surface area contributed by atoms with Crippen LogP contribution in [0.15, 0.2) is 42.9 Å². The van der Waals surface area contributed by atoms with Crippen LogP contribution in [0, 0.1) is 0 Å². The Morgan fingerprint density at radius 3 is 3.04 bits per heavy atom. The number of pyridine rings is 1. The van der Waals surface area contributed by atoms with Crippen LogP contribution in [0.5, 0.6) is 0 Å². The molecule has 0 radical (unpaired) electrons. The van der Waals surface area contributed by atoms with Crippen molar-refractivity contribution in [1.29, 1.82) is 0 Å². The van der Waals surface area contributed by atoms with Gasteiger partial charge < -0.3 is 5.11 Å². The van der Waals surface area contributed by atoms with Crippen molar-refractivity contribution < 1.29 is 9.90 Å². The van der Waals surface area contributed by atoms with E-state index in [-0.39, 0.29) is 6.47 Å². The monoisotopic (exact) mass is 364 g/mol. The molecule has 140 valence electrons. The summed E-state index contributed by atoms with van der Waals surface area (Å²) in [6, 6.07) is 8.71. The highest BCUT2D eigenvalue weighted by Gasteiger charge is 2.43. The zero-order valence-electron chi connectivity index (χ0n) is 15.3. The van der Waals surface area contributed by atoms with E-state index in [9.17, 15) is 0 Å². The zero-order chi connectivity index (χ0) is 18.7. The first kappa shape index (κ1) is 17.7. The van der Waals surface area contributed by atoms with E-state index in [1.54, 1.807) is 0 Å². The lowest BCUT2D eigenvalue weighted by molar-refractivity contribution is -0.122. The van der Waals surface area contributed by atoms with E-state index in [1.807, 2.05) is 18.6 Å². The number of benzene rings is 1. The van der Waals surface area contributed by atoms with Gasteiger partial charge in [0.1, 0.15) is 0 Å². The van der Waals surface area contributed by atoms with Crippen LogP contribution in [0.2, 0.25) is 0 Å². The maximum atomic E-state index is 8.36. The molecule has 1 aromatic carbocycles. The van der Waals surface area contributed by atoms with E-state index in [1.165, 1.54) is 59.8 Å². The molecule has 5 rings (SSSR count). The Morgan fingerprint density at radius 2 is 2.15 bits per heavy atom. The first-order chi connectivity index (χ1) is 13.3. The molecular formula is C21H24N4O2. The van der Waals surface area contributed by atoms with Gasteiger partial charge in [-0.15, -0.1) is 0 Å². The fraction of sp³-hybridized carbons (Fsp3) is 0.381. The van der Waals surface area contributed by atoms with Gasteiger partial charge in [0.25, 0.3) is 6.47 Å². The molecule has 2 aromatic heterocycles. The Hall–Kier alpha value is -2.73. The molecule has 2 aliphatic rings. The number of likely N-dealkylation sites (tertiary alicyclic amines) is 1. The molecule has 0 bridgehead atoms. The smallest absolute Gasteiger partial charge is 0.290 e. The molecule has 0 saturated carbocycles. The number of piperidine rings is 1. The third-order valence-corrected chi connectivity index (χ3v) is 5.94. The molecular weight excluding hydrogens is 340 g/mol. The lowest BCUT2D eigenvalue weighted by Gasteiger charge is -2.40. The Bertz CT molecular complexity index is 933. The van der Waals surface area contributed by atoms with E-state index in [4.69, 9.17) is 9.90 Å². The summed E-state index contributed by atoms with van der Waals surface area (Å²) in [5.74, 6) is 0. The van der Waals surface area contributed by atoms with Gasteiger partial charge >= 0.3 is 0 Å².